The highest BCUT2D eigenvalue weighted by Gasteiger charge is 2.39. The van der Waals surface area contributed by atoms with Gasteiger partial charge in [0.2, 0.25) is 5.91 Å². The first-order chi connectivity index (χ1) is 8.37. The first-order valence-corrected chi connectivity index (χ1v) is 5.77. The second-order valence-electron chi connectivity index (χ2n) is 4.92. The molecule has 1 aromatic carbocycles. The van der Waals surface area contributed by atoms with Gasteiger partial charge in [-0.15, -0.1) is 0 Å². The van der Waals surface area contributed by atoms with E-state index >= 15 is 0 Å². The van der Waals surface area contributed by atoms with Crippen molar-refractivity contribution in [2.75, 3.05) is 18.4 Å². The molecule has 0 bridgehead atoms. The summed E-state index contributed by atoms with van der Waals surface area (Å²) < 4.78 is 0. The molecule has 1 heterocycles. The molecule has 0 aromatic heterocycles. The first-order valence-electron chi connectivity index (χ1n) is 5.77. The average molecular weight is 248 g/mol. The van der Waals surface area contributed by atoms with Crippen LogP contribution in [-0.4, -0.2) is 40.5 Å². The Hall–Kier alpha value is -1.88. The Labute approximate surface area is 105 Å². The van der Waals surface area contributed by atoms with E-state index < -0.39 is 5.60 Å². The van der Waals surface area contributed by atoms with Crippen LogP contribution in [0, 0.1) is 0 Å². The fraction of sp³-hybridized carbons (Fsp3) is 0.385. The molecule has 1 saturated heterocycles. The van der Waals surface area contributed by atoms with Gasteiger partial charge in [-0.2, -0.15) is 0 Å². The average Bonchev–Trinajstić information content (AvgIpc) is 2.25. The zero-order valence-electron chi connectivity index (χ0n) is 10.4. The van der Waals surface area contributed by atoms with Crippen LogP contribution in [0.1, 0.15) is 24.2 Å². The lowest BCUT2D eigenvalue weighted by molar-refractivity contribution is -0.114. The van der Waals surface area contributed by atoms with Gasteiger partial charge < -0.3 is 15.3 Å². The number of β-amino-alcohol motifs (C(OH)–C–C–N with tert-alkyl or cyclic N) is 1. The number of nitrogens with one attached hydrogen (secondary N) is 1. The van der Waals surface area contributed by atoms with E-state index in [1.807, 2.05) is 0 Å². The zero-order valence-corrected chi connectivity index (χ0v) is 10.4. The number of carbonyl (C=O) groups excluding carboxylic acids is 2. The van der Waals surface area contributed by atoms with Crippen molar-refractivity contribution in [1.82, 2.24) is 4.90 Å². The summed E-state index contributed by atoms with van der Waals surface area (Å²) in [7, 11) is 0. The smallest absolute Gasteiger partial charge is 0.254 e. The maximum absolute atomic E-state index is 12.0. The van der Waals surface area contributed by atoms with Crippen LogP contribution in [-0.2, 0) is 4.79 Å². The Bertz CT molecular complexity index is 472. The molecular formula is C13H16N2O3. The summed E-state index contributed by atoms with van der Waals surface area (Å²) in [6.07, 6.45) is 0. The van der Waals surface area contributed by atoms with Crippen molar-refractivity contribution in [1.29, 1.82) is 0 Å². The largest absolute Gasteiger partial charge is 0.386 e. The summed E-state index contributed by atoms with van der Waals surface area (Å²) in [6.45, 7) is 3.86. The predicted octanol–water partition coefficient (Wildman–Crippen LogP) is 0.852. The number of aliphatic hydroxyl groups is 1. The van der Waals surface area contributed by atoms with Crippen LogP contribution >= 0.6 is 0 Å². The van der Waals surface area contributed by atoms with Crippen molar-refractivity contribution in [3.05, 3.63) is 29.8 Å². The number of likely N-dealkylation sites (tertiary alicyclic amines) is 1. The molecule has 0 atom stereocenters. The van der Waals surface area contributed by atoms with Crippen LogP contribution in [0.3, 0.4) is 0 Å². The molecule has 2 N–H and O–H groups in total. The predicted molar refractivity (Wildman–Crippen MR) is 67.3 cm³/mol. The Morgan fingerprint density at radius 3 is 2.28 bits per heavy atom. The summed E-state index contributed by atoms with van der Waals surface area (Å²) in [5.74, 6) is -0.247. The maximum Gasteiger partial charge on any atom is 0.254 e. The van der Waals surface area contributed by atoms with E-state index in [1.165, 1.54) is 6.92 Å². The van der Waals surface area contributed by atoms with Crippen molar-refractivity contribution in [2.45, 2.75) is 19.4 Å². The fourth-order valence-electron chi connectivity index (χ4n) is 2.00. The maximum atomic E-state index is 12.0. The van der Waals surface area contributed by atoms with Crippen LogP contribution in [0.2, 0.25) is 0 Å². The Morgan fingerprint density at radius 2 is 1.83 bits per heavy atom. The lowest BCUT2D eigenvalue weighted by atomic mass is 9.96. The van der Waals surface area contributed by atoms with Crippen LogP contribution in [0.15, 0.2) is 24.3 Å². The summed E-state index contributed by atoms with van der Waals surface area (Å²) >= 11 is 0. The summed E-state index contributed by atoms with van der Waals surface area (Å²) in [6, 6.07) is 6.71. The molecule has 0 saturated carbocycles. The summed E-state index contributed by atoms with van der Waals surface area (Å²) in [5, 5.41) is 12.2. The number of hydrogen-bond donors (Lipinski definition) is 2. The third kappa shape index (κ3) is 2.68. The van der Waals surface area contributed by atoms with E-state index in [1.54, 1.807) is 36.1 Å². The number of carbonyl (C=O) groups is 2. The molecule has 5 heteroatoms. The molecule has 1 aliphatic heterocycles. The second-order valence-corrected chi connectivity index (χ2v) is 4.92. The lowest BCUT2D eigenvalue weighted by Crippen LogP contribution is -2.61. The molecule has 0 radical (unpaired) electrons. The number of hydrogen-bond acceptors (Lipinski definition) is 3. The van der Waals surface area contributed by atoms with Crippen LogP contribution in [0.5, 0.6) is 0 Å². The molecule has 96 valence electrons. The van der Waals surface area contributed by atoms with Gasteiger partial charge in [0.15, 0.2) is 0 Å². The summed E-state index contributed by atoms with van der Waals surface area (Å²) in [4.78, 5) is 24.4. The Kier molecular flexibility index (Phi) is 3.09. The Morgan fingerprint density at radius 1 is 1.28 bits per heavy atom. The second kappa shape index (κ2) is 4.42. The highest BCUT2D eigenvalue weighted by Crippen LogP contribution is 2.22. The van der Waals surface area contributed by atoms with Crippen molar-refractivity contribution in [3.63, 3.8) is 0 Å². The third-order valence-electron chi connectivity index (χ3n) is 2.80. The standard InChI is InChI=1S/C13H16N2O3/c1-9(16)14-11-5-3-10(4-6-11)12(17)15-7-13(2,18)8-15/h3-6,18H,7-8H2,1-2H3,(H,14,16). The number of benzene rings is 1. The zero-order chi connectivity index (χ0) is 13.3. The highest BCUT2D eigenvalue weighted by molar-refractivity contribution is 5.96. The van der Waals surface area contributed by atoms with Gasteiger partial charge in [-0.3, -0.25) is 9.59 Å². The van der Waals surface area contributed by atoms with Crippen molar-refractivity contribution in [2.24, 2.45) is 0 Å². The molecule has 1 aromatic rings. The quantitative estimate of drug-likeness (QED) is 0.815. The topological polar surface area (TPSA) is 69.6 Å². The lowest BCUT2D eigenvalue weighted by Gasteiger charge is -2.44. The van der Waals surface area contributed by atoms with Gasteiger partial charge in [0.05, 0.1) is 18.7 Å². The van der Waals surface area contributed by atoms with Gasteiger partial charge >= 0.3 is 0 Å². The third-order valence-corrected chi connectivity index (χ3v) is 2.80. The molecule has 0 aliphatic carbocycles. The minimum absolute atomic E-state index is 0.101. The van der Waals surface area contributed by atoms with Gasteiger partial charge in [0.1, 0.15) is 0 Å². The molecule has 0 spiro atoms. The normalized spacial score (nSPS) is 16.9. The number of anilines is 1. The Balaban J connectivity index is 2.02. The molecule has 1 fully saturated rings. The van der Waals surface area contributed by atoms with Gasteiger partial charge in [-0.25, -0.2) is 0 Å². The minimum atomic E-state index is -0.758. The molecule has 0 unspecified atom stereocenters. The van der Waals surface area contributed by atoms with E-state index in [9.17, 15) is 14.7 Å². The van der Waals surface area contributed by atoms with Crippen LogP contribution in [0.4, 0.5) is 5.69 Å². The minimum Gasteiger partial charge on any atom is -0.386 e. The van der Waals surface area contributed by atoms with Gasteiger partial charge in [0.25, 0.3) is 5.91 Å². The molecule has 2 rings (SSSR count). The van der Waals surface area contributed by atoms with Crippen molar-refractivity contribution >= 4 is 17.5 Å². The van der Waals surface area contributed by atoms with Crippen molar-refractivity contribution in [3.8, 4) is 0 Å². The van der Waals surface area contributed by atoms with Gasteiger partial charge in [0, 0.05) is 18.2 Å². The van der Waals surface area contributed by atoms with E-state index in [4.69, 9.17) is 0 Å². The van der Waals surface area contributed by atoms with E-state index in [0.717, 1.165) is 0 Å². The number of nitrogens with zero attached hydrogens (tertiary/aromatic N) is 1. The molecular weight excluding hydrogens is 232 g/mol. The van der Waals surface area contributed by atoms with E-state index in [0.29, 0.717) is 24.3 Å². The monoisotopic (exact) mass is 248 g/mol. The summed E-state index contributed by atoms with van der Waals surface area (Å²) in [5.41, 5.74) is 0.459. The van der Waals surface area contributed by atoms with Gasteiger partial charge in [-0.05, 0) is 31.2 Å². The molecule has 5 nitrogen and oxygen atoms in total. The molecule has 1 aliphatic rings. The van der Waals surface area contributed by atoms with Crippen molar-refractivity contribution < 1.29 is 14.7 Å². The number of amides is 2. The van der Waals surface area contributed by atoms with Crippen LogP contribution < -0.4 is 5.32 Å². The fourth-order valence-corrected chi connectivity index (χ4v) is 2.00. The van der Waals surface area contributed by atoms with Gasteiger partial charge in [-0.1, -0.05) is 0 Å². The first kappa shape index (κ1) is 12.6. The van der Waals surface area contributed by atoms with Crippen LogP contribution in [0.25, 0.3) is 0 Å². The van der Waals surface area contributed by atoms with E-state index in [2.05, 4.69) is 5.32 Å². The molecule has 18 heavy (non-hydrogen) atoms. The number of rotatable bonds is 2. The van der Waals surface area contributed by atoms with E-state index in [-0.39, 0.29) is 11.8 Å². The highest BCUT2D eigenvalue weighted by atomic mass is 16.3. The SMILES string of the molecule is CC(=O)Nc1ccc(C(=O)N2CC(C)(O)C2)cc1. The molecule has 2 amide bonds.